The van der Waals surface area contributed by atoms with Crippen LogP contribution in [0.3, 0.4) is 0 Å². The molecule has 1 rings (SSSR count). The van der Waals surface area contributed by atoms with Gasteiger partial charge in [-0.15, -0.1) is 0 Å². The van der Waals surface area contributed by atoms with Gasteiger partial charge in [-0.1, -0.05) is 44.5 Å². The monoisotopic (exact) mass is 206 g/mol. The van der Waals surface area contributed by atoms with Crippen LogP contribution in [0.25, 0.3) is 0 Å². The van der Waals surface area contributed by atoms with Gasteiger partial charge in [0.05, 0.1) is 5.60 Å². The fourth-order valence-electron chi connectivity index (χ4n) is 1.81. The molecule has 0 spiro atoms. The standard InChI is InChI=1S/C14H22O/c1-5-12(3)14(4,15)10-13-9-7-6-8-11(13)2/h6-9,12,15H,5,10H2,1-4H3. The lowest BCUT2D eigenvalue weighted by Crippen LogP contribution is -2.35. The lowest BCUT2D eigenvalue weighted by Gasteiger charge is -2.30. The first kappa shape index (κ1) is 12.3. The van der Waals surface area contributed by atoms with Crippen molar-refractivity contribution in [1.29, 1.82) is 0 Å². The van der Waals surface area contributed by atoms with Crippen molar-refractivity contribution in [3.63, 3.8) is 0 Å². The molecule has 1 aromatic rings. The molecule has 84 valence electrons. The van der Waals surface area contributed by atoms with Gasteiger partial charge in [0.1, 0.15) is 0 Å². The Kier molecular flexibility index (Phi) is 3.92. The van der Waals surface area contributed by atoms with Crippen LogP contribution in [0.2, 0.25) is 0 Å². The van der Waals surface area contributed by atoms with Gasteiger partial charge in [0.25, 0.3) is 0 Å². The molecule has 0 aliphatic carbocycles. The molecule has 0 aromatic heterocycles. The summed E-state index contributed by atoms with van der Waals surface area (Å²) in [6.07, 6.45) is 1.76. The normalized spacial score (nSPS) is 17.1. The molecule has 0 saturated heterocycles. The van der Waals surface area contributed by atoms with Gasteiger partial charge >= 0.3 is 0 Å². The maximum absolute atomic E-state index is 10.4. The molecule has 1 nitrogen and oxygen atoms in total. The molecule has 1 heteroatoms. The Morgan fingerprint density at radius 3 is 2.47 bits per heavy atom. The first-order valence-electron chi connectivity index (χ1n) is 5.74. The molecule has 0 amide bonds. The minimum atomic E-state index is -0.596. The predicted octanol–water partition coefficient (Wildman–Crippen LogP) is 3.33. The van der Waals surface area contributed by atoms with Gasteiger partial charge in [-0.05, 0) is 30.9 Å². The fraction of sp³-hybridized carbons (Fsp3) is 0.571. The molecular formula is C14H22O. The van der Waals surface area contributed by atoms with Gasteiger partial charge in [0.2, 0.25) is 0 Å². The first-order chi connectivity index (χ1) is 6.97. The Hall–Kier alpha value is -0.820. The fourth-order valence-corrected chi connectivity index (χ4v) is 1.81. The Labute approximate surface area is 93.1 Å². The maximum atomic E-state index is 10.4. The number of aliphatic hydroxyl groups is 1. The molecule has 1 N–H and O–H groups in total. The van der Waals surface area contributed by atoms with Crippen molar-refractivity contribution in [1.82, 2.24) is 0 Å². The molecule has 0 aliphatic heterocycles. The SMILES string of the molecule is CCC(C)C(C)(O)Cc1ccccc1C. The first-order valence-corrected chi connectivity index (χ1v) is 5.74. The topological polar surface area (TPSA) is 20.2 Å². The number of hydrogen-bond acceptors (Lipinski definition) is 1. The van der Waals surface area contributed by atoms with Crippen molar-refractivity contribution in [3.05, 3.63) is 35.4 Å². The van der Waals surface area contributed by atoms with E-state index < -0.39 is 5.60 Å². The average molecular weight is 206 g/mol. The molecule has 0 heterocycles. The summed E-state index contributed by atoms with van der Waals surface area (Å²) >= 11 is 0. The van der Waals surface area contributed by atoms with E-state index in [0.717, 1.165) is 12.8 Å². The molecule has 15 heavy (non-hydrogen) atoms. The van der Waals surface area contributed by atoms with E-state index in [4.69, 9.17) is 0 Å². The van der Waals surface area contributed by atoms with Crippen LogP contribution in [0.5, 0.6) is 0 Å². The van der Waals surface area contributed by atoms with Gasteiger partial charge in [-0.25, -0.2) is 0 Å². The highest BCUT2D eigenvalue weighted by molar-refractivity contribution is 5.27. The van der Waals surface area contributed by atoms with E-state index in [2.05, 4.69) is 32.9 Å². The van der Waals surface area contributed by atoms with E-state index in [-0.39, 0.29) is 0 Å². The summed E-state index contributed by atoms with van der Waals surface area (Å²) in [5, 5.41) is 10.4. The largest absolute Gasteiger partial charge is 0.390 e. The predicted molar refractivity (Wildman–Crippen MR) is 65.0 cm³/mol. The summed E-state index contributed by atoms with van der Waals surface area (Å²) in [5.41, 5.74) is 1.92. The van der Waals surface area contributed by atoms with Gasteiger partial charge in [-0.2, -0.15) is 0 Å². The van der Waals surface area contributed by atoms with Crippen LogP contribution in [-0.2, 0) is 6.42 Å². The third-order valence-corrected chi connectivity index (χ3v) is 3.48. The van der Waals surface area contributed by atoms with Crippen molar-refractivity contribution in [2.24, 2.45) is 5.92 Å². The van der Waals surface area contributed by atoms with E-state index >= 15 is 0 Å². The van der Waals surface area contributed by atoms with E-state index in [1.54, 1.807) is 0 Å². The smallest absolute Gasteiger partial charge is 0.0685 e. The number of hydrogen-bond donors (Lipinski definition) is 1. The second-order valence-electron chi connectivity index (χ2n) is 4.77. The molecule has 1 aromatic carbocycles. The van der Waals surface area contributed by atoms with E-state index in [1.807, 2.05) is 19.1 Å². The van der Waals surface area contributed by atoms with Gasteiger partial charge in [-0.3, -0.25) is 0 Å². The second-order valence-corrected chi connectivity index (χ2v) is 4.77. The third kappa shape index (κ3) is 3.07. The molecular weight excluding hydrogens is 184 g/mol. The molecule has 0 aliphatic rings. The second kappa shape index (κ2) is 4.80. The van der Waals surface area contributed by atoms with Gasteiger partial charge < -0.3 is 5.11 Å². The van der Waals surface area contributed by atoms with Gasteiger partial charge in [0.15, 0.2) is 0 Å². The highest BCUT2D eigenvalue weighted by atomic mass is 16.3. The lowest BCUT2D eigenvalue weighted by atomic mass is 9.82. The van der Waals surface area contributed by atoms with E-state index in [0.29, 0.717) is 5.92 Å². The summed E-state index contributed by atoms with van der Waals surface area (Å²) in [4.78, 5) is 0. The van der Waals surface area contributed by atoms with Crippen molar-refractivity contribution in [2.75, 3.05) is 0 Å². The van der Waals surface area contributed by atoms with Crippen molar-refractivity contribution < 1.29 is 5.11 Å². The summed E-state index contributed by atoms with van der Waals surface area (Å²) in [7, 11) is 0. The minimum absolute atomic E-state index is 0.331. The van der Waals surface area contributed by atoms with Crippen molar-refractivity contribution in [2.45, 2.75) is 46.1 Å². The van der Waals surface area contributed by atoms with E-state index in [1.165, 1.54) is 11.1 Å². The summed E-state index contributed by atoms with van der Waals surface area (Å²) in [6, 6.07) is 8.28. The average Bonchev–Trinajstić information content (AvgIpc) is 2.20. The highest BCUT2D eigenvalue weighted by Gasteiger charge is 2.27. The molecule has 0 saturated carbocycles. The number of aryl methyl sites for hydroxylation is 1. The number of rotatable bonds is 4. The molecule has 0 bridgehead atoms. The molecule has 0 radical (unpaired) electrons. The Balaban J connectivity index is 2.81. The molecule has 2 unspecified atom stereocenters. The summed E-state index contributed by atoms with van der Waals surface area (Å²) < 4.78 is 0. The Bertz CT molecular complexity index is 315. The van der Waals surface area contributed by atoms with Crippen LogP contribution in [-0.4, -0.2) is 10.7 Å². The zero-order chi connectivity index (χ0) is 11.5. The van der Waals surface area contributed by atoms with Crippen LogP contribution < -0.4 is 0 Å². The van der Waals surface area contributed by atoms with Crippen LogP contribution in [0.15, 0.2) is 24.3 Å². The van der Waals surface area contributed by atoms with Gasteiger partial charge in [0, 0.05) is 6.42 Å². The summed E-state index contributed by atoms with van der Waals surface area (Å²) in [6.45, 7) is 8.27. The Morgan fingerprint density at radius 1 is 1.33 bits per heavy atom. The van der Waals surface area contributed by atoms with Crippen LogP contribution in [0.1, 0.15) is 38.3 Å². The van der Waals surface area contributed by atoms with Crippen molar-refractivity contribution in [3.8, 4) is 0 Å². The zero-order valence-corrected chi connectivity index (χ0v) is 10.2. The quantitative estimate of drug-likeness (QED) is 0.801. The van der Waals surface area contributed by atoms with Crippen LogP contribution in [0.4, 0.5) is 0 Å². The van der Waals surface area contributed by atoms with Crippen LogP contribution in [0, 0.1) is 12.8 Å². The maximum Gasteiger partial charge on any atom is 0.0685 e. The minimum Gasteiger partial charge on any atom is -0.390 e. The lowest BCUT2D eigenvalue weighted by molar-refractivity contribution is 0.00504. The van der Waals surface area contributed by atoms with E-state index in [9.17, 15) is 5.11 Å². The highest BCUT2D eigenvalue weighted by Crippen LogP contribution is 2.25. The molecule has 0 fully saturated rings. The number of benzene rings is 1. The van der Waals surface area contributed by atoms with Crippen LogP contribution >= 0.6 is 0 Å². The molecule has 2 atom stereocenters. The summed E-state index contributed by atoms with van der Waals surface area (Å²) in [5.74, 6) is 0.331. The Morgan fingerprint density at radius 2 is 1.93 bits per heavy atom. The third-order valence-electron chi connectivity index (χ3n) is 3.48. The van der Waals surface area contributed by atoms with Crippen molar-refractivity contribution >= 4 is 0 Å². The zero-order valence-electron chi connectivity index (χ0n) is 10.2.